The molecule has 1 heterocycles. The lowest BCUT2D eigenvalue weighted by Gasteiger charge is -2.42. The van der Waals surface area contributed by atoms with Gasteiger partial charge < -0.3 is 15.3 Å². The Balaban J connectivity index is 2.12. The maximum absolute atomic E-state index is 9.49. The largest absolute Gasteiger partial charge is 0.394 e. The number of benzene rings is 1. The number of hydrogen-bond acceptors (Lipinski definition) is 3. The van der Waals surface area contributed by atoms with E-state index in [-0.39, 0.29) is 12.1 Å². The number of aliphatic hydroxyl groups excluding tert-OH is 1. The molecule has 0 aliphatic carbocycles. The Kier molecular flexibility index (Phi) is 4.15. The minimum Gasteiger partial charge on any atom is -0.394 e. The summed E-state index contributed by atoms with van der Waals surface area (Å²) in [6, 6.07) is 6.04. The fourth-order valence-electron chi connectivity index (χ4n) is 2.60. The van der Waals surface area contributed by atoms with Crippen LogP contribution in [0.1, 0.15) is 18.4 Å². The molecule has 1 saturated heterocycles. The number of aliphatic hydroxyl groups is 1. The van der Waals surface area contributed by atoms with Crippen LogP contribution >= 0.6 is 11.6 Å². The van der Waals surface area contributed by atoms with Gasteiger partial charge >= 0.3 is 0 Å². The predicted molar refractivity (Wildman–Crippen MR) is 76.5 cm³/mol. The van der Waals surface area contributed by atoms with E-state index in [9.17, 15) is 5.11 Å². The van der Waals surface area contributed by atoms with Crippen LogP contribution in [0.3, 0.4) is 0 Å². The van der Waals surface area contributed by atoms with Gasteiger partial charge in [0.1, 0.15) is 0 Å². The topological polar surface area (TPSA) is 35.5 Å². The first-order valence-electron chi connectivity index (χ1n) is 6.42. The van der Waals surface area contributed by atoms with Gasteiger partial charge in [0.2, 0.25) is 0 Å². The van der Waals surface area contributed by atoms with Gasteiger partial charge in [0.15, 0.2) is 0 Å². The van der Waals surface area contributed by atoms with Crippen LogP contribution in [0.25, 0.3) is 0 Å². The summed E-state index contributed by atoms with van der Waals surface area (Å²) in [6.07, 6.45) is 1.90. The SMILES string of the molecule is CNC1(CO)CCN(c2cccc(Cl)c2C)CC1. The summed E-state index contributed by atoms with van der Waals surface area (Å²) in [5, 5.41) is 13.6. The van der Waals surface area contributed by atoms with E-state index in [2.05, 4.69) is 23.2 Å². The quantitative estimate of drug-likeness (QED) is 0.882. The monoisotopic (exact) mass is 268 g/mol. The Morgan fingerprint density at radius 1 is 1.39 bits per heavy atom. The van der Waals surface area contributed by atoms with Crippen molar-refractivity contribution in [3.05, 3.63) is 28.8 Å². The van der Waals surface area contributed by atoms with E-state index in [1.54, 1.807) is 0 Å². The molecule has 1 aromatic rings. The summed E-state index contributed by atoms with van der Waals surface area (Å²) in [5.41, 5.74) is 2.24. The zero-order chi connectivity index (χ0) is 13.2. The van der Waals surface area contributed by atoms with Crippen LogP contribution in [0, 0.1) is 6.92 Å². The first-order valence-corrected chi connectivity index (χ1v) is 6.79. The minimum absolute atomic E-state index is 0.108. The van der Waals surface area contributed by atoms with Crippen molar-refractivity contribution in [3.63, 3.8) is 0 Å². The molecular weight excluding hydrogens is 248 g/mol. The van der Waals surface area contributed by atoms with Crippen LogP contribution in [-0.2, 0) is 0 Å². The first kappa shape index (κ1) is 13.7. The van der Waals surface area contributed by atoms with E-state index < -0.39 is 0 Å². The predicted octanol–water partition coefficient (Wildman–Crippen LogP) is 2.20. The van der Waals surface area contributed by atoms with Crippen molar-refractivity contribution in [3.8, 4) is 0 Å². The average Bonchev–Trinajstić information content (AvgIpc) is 2.42. The highest BCUT2D eigenvalue weighted by Gasteiger charge is 2.32. The second kappa shape index (κ2) is 5.47. The Bertz CT molecular complexity index is 408. The average molecular weight is 269 g/mol. The van der Waals surface area contributed by atoms with Crippen molar-refractivity contribution in [1.82, 2.24) is 5.32 Å². The highest BCUT2D eigenvalue weighted by atomic mass is 35.5. The fraction of sp³-hybridized carbons (Fsp3) is 0.571. The van der Waals surface area contributed by atoms with Gasteiger partial charge in [0.25, 0.3) is 0 Å². The fourth-order valence-corrected chi connectivity index (χ4v) is 2.77. The van der Waals surface area contributed by atoms with Crippen molar-refractivity contribution in [2.75, 3.05) is 31.6 Å². The third kappa shape index (κ3) is 2.48. The van der Waals surface area contributed by atoms with Crippen LogP contribution in [0.4, 0.5) is 5.69 Å². The molecule has 1 aromatic carbocycles. The number of nitrogens with zero attached hydrogens (tertiary/aromatic N) is 1. The van der Waals surface area contributed by atoms with Crippen molar-refractivity contribution >= 4 is 17.3 Å². The molecule has 2 N–H and O–H groups in total. The summed E-state index contributed by atoms with van der Waals surface area (Å²) in [7, 11) is 1.93. The Labute approximate surface area is 114 Å². The number of rotatable bonds is 3. The molecule has 0 radical (unpaired) electrons. The van der Waals surface area contributed by atoms with Crippen LogP contribution in [0.15, 0.2) is 18.2 Å². The van der Waals surface area contributed by atoms with Gasteiger partial charge in [-0.3, -0.25) is 0 Å². The van der Waals surface area contributed by atoms with Gasteiger partial charge in [0.05, 0.1) is 6.61 Å². The molecule has 0 spiro atoms. The second-order valence-corrected chi connectivity index (χ2v) is 5.47. The molecule has 0 amide bonds. The molecule has 2 rings (SSSR count). The maximum Gasteiger partial charge on any atom is 0.0614 e. The molecule has 0 unspecified atom stereocenters. The zero-order valence-electron chi connectivity index (χ0n) is 11.0. The van der Waals surface area contributed by atoms with Crippen LogP contribution < -0.4 is 10.2 Å². The smallest absolute Gasteiger partial charge is 0.0614 e. The highest BCUT2D eigenvalue weighted by molar-refractivity contribution is 6.31. The van der Waals surface area contributed by atoms with E-state index in [0.717, 1.165) is 36.5 Å². The first-order chi connectivity index (χ1) is 8.62. The van der Waals surface area contributed by atoms with E-state index in [4.69, 9.17) is 11.6 Å². The van der Waals surface area contributed by atoms with Crippen molar-refractivity contribution < 1.29 is 5.11 Å². The van der Waals surface area contributed by atoms with Gasteiger partial charge in [-0.25, -0.2) is 0 Å². The van der Waals surface area contributed by atoms with E-state index in [1.165, 1.54) is 5.69 Å². The molecule has 0 saturated carbocycles. The number of piperidine rings is 1. The van der Waals surface area contributed by atoms with Gasteiger partial charge in [0, 0.05) is 29.3 Å². The molecule has 0 aromatic heterocycles. The molecular formula is C14H21ClN2O. The number of likely N-dealkylation sites (N-methyl/N-ethyl adjacent to an activating group) is 1. The van der Waals surface area contributed by atoms with E-state index in [1.807, 2.05) is 19.2 Å². The molecule has 100 valence electrons. The Hall–Kier alpha value is -0.770. The molecule has 3 nitrogen and oxygen atoms in total. The van der Waals surface area contributed by atoms with Gasteiger partial charge in [-0.05, 0) is 44.5 Å². The van der Waals surface area contributed by atoms with Gasteiger partial charge in [-0.1, -0.05) is 17.7 Å². The van der Waals surface area contributed by atoms with Gasteiger partial charge in [-0.15, -0.1) is 0 Å². The lowest BCUT2D eigenvalue weighted by Crippen LogP contribution is -2.54. The van der Waals surface area contributed by atoms with E-state index >= 15 is 0 Å². The molecule has 0 atom stereocenters. The van der Waals surface area contributed by atoms with Crippen LogP contribution in [0.5, 0.6) is 0 Å². The minimum atomic E-state index is -0.108. The maximum atomic E-state index is 9.49. The lowest BCUT2D eigenvalue weighted by molar-refractivity contribution is 0.142. The molecule has 1 fully saturated rings. The second-order valence-electron chi connectivity index (χ2n) is 5.06. The van der Waals surface area contributed by atoms with Crippen LogP contribution in [-0.4, -0.2) is 37.4 Å². The van der Waals surface area contributed by atoms with Crippen molar-refractivity contribution in [1.29, 1.82) is 0 Å². The Morgan fingerprint density at radius 2 is 2.06 bits per heavy atom. The molecule has 1 aliphatic rings. The number of nitrogens with one attached hydrogen (secondary N) is 1. The van der Waals surface area contributed by atoms with Gasteiger partial charge in [-0.2, -0.15) is 0 Å². The molecule has 0 bridgehead atoms. The summed E-state index contributed by atoms with van der Waals surface area (Å²) in [6.45, 7) is 4.15. The Morgan fingerprint density at radius 3 is 2.61 bits per heavy atom. The summed E-state index contributed by atoms with van der Waals surface area (Å²) < 4.78 is 0. The molecule has 4 heteroatoms. The summed E-state index contributed by atoms with van der Waals surface area (Å²) >= 11 is 6.16. The number of anilines is 1. The third-order valence-corrected chi connectivity index (χ3v) is 4.54. The standard InChI is InChI=1S/C14H21ClN2O/c1-11-12(15)4-3-5-13(11)17-8-6-14(10-18,16-2)7-9-17/h3-5,16,18H,6-10H2,1-2H3. The summed E-state index contributed by atoms with van der Waals surface area (Å²) in [5.74, 6) is 0. The summed E-state index contributed by atoms with van der Waals surface area (Å²) in [4.78, 5) is 2.35. The molecule has 18 heavy (non-hydrogen) atoms. The van der Waals surface area contributed by atoms with Crippen LogP contribution in [0.2, 0.25) is 5.02 Å². The zero-order valence-corrected chi connectivity index (χ0v) is 11.8. The van der Waals surface area contributed by atoms with E-state index in [0.29, 0.717) is 0 Å². The molecule has 1 aliphatic heterocycles. The van der Waals surface area contributed by atoms with Crippen molar-refractivity contribution in [2.45, 2.75) is 25.3 Å². The normalized spacial score (nSPS) is 19.0. The highest BCUT2D eigenvalue weighted by Crippen LogP contribution is 2.31. The number of hydrogen-bond donors (Lipinski definition) is 2. The number of halogens is 1. The van der Waals surface area contributed by atoms with Crippen molar-refractivity contribution in [2.24, 2.45) is 0 Å². The third-order valence-electron chi connectivity index (χ3n) is 4.13. The lowest BCUT2D eigenvalue weighted by atomic mass is 9.88.